The van der Waals surface area contributed by atoms with Crippen LogP contribution in [0.15, 0.2) is 0 Å². The summed E-state index contributed by atoms with van der Waals surface area (Å²) >= 11 is 0. The lowest BCUT2D eigenvalue weighted by molar-refractivity contribution is 0.0487. The Hall–Kier alpha value is -0.160. The van der Waals surface area contributed by atoms with Crippen LogP contribution in [0.2, 0.25) is 0 Å². The highest BCUT2D eigenvalue weighted by Gasteiger charge is 2.33. The molecule has 4 heteroatoms. The van der Waals surface area contributed by atoms with Crippen LogP contribution in [0.5, 0.6) is 0 Å². The van der Waals surface area contributed by atoms with E-state index in [0.717, 1.165) is 12.8 Å². The van der Waals surface area contributed by atoms with Crippen LogP contribution in [0.3, 0.4) is 0 Å². The second-order valence-corrected chi connectivity index (χ2v) is 3.70. The van der Waals surface area contributed by atoms with E-state index < -0.39 is 0 Å². The summed E-state index contributed by atoms with van der Waals surface area (Å²) in [6.07, 6.45) is 1.11. The number of hydrogen-bond acceptors (Lipinski definition) is 4. The Morgan fingerprint density at radius 1 is 1.17 bits per heavy atom. The maximum absolute atomic E-state index is 9.37. The van der Waals surface area contributed by atoms with Gasteiger partial charge in [-0.15, -0.1) is 0 Å². The van der Waals surface area contributed by atoms with Gasteiger partial charge >= 0.3 is 0 Å². The number of nitrogens with one attached hydrogen (secondary N) is 1. The summed E-state index contributed by atoms with van der Waals surface area (Å²) in [6.45, 7) is 1.03. The van der Waals surface area contributed by atoms with Crippen LogP contribution >= 0.6 is 0 Å². The quantitative estimate of drug-likeness (QED) is 0.494. The first kappa shape index (κ1) is 8.44. The van der Waals surface area contributed by atoms with E-state index in [9.17, 15) is 5.11 Å². The molecule has 12 heavy (non-hydrogen) atoms. The number of aliphatic hydroxyl groups excluding tert-OH is 2. The van der Waals surface area contributed by atoms with Gasteiger partial charge in [-0.05, 0) is 12.8 Å². The molecule has 0 radical (unpaired) electrons. The molecule has 1 aliphatic carbocycles. The molecule has 0 aromatic rings. The SMILES string of the molecule is OC1CC(NC2COCC2O)C1. The highest BCUT2D eigenvalue weighted by atomic mass is 16.5. The van der Waals surface area contributed by atoms with E-state index in [1.165, 1.54) is 0 Å². The molecule has 4 nitrogen and oxygen atoms in total. The van der Waals surface area contributed by atoms with E-state index >= 15 is 0 Å². The molecule has 1 saturated carbocycles. The third-order valence-corrected chi connectivity index (χ3v) is 2.61. The smallest absolute Gasteiger partial charge is 0.0948 e. The lowest BCUT2D eigenvalue weighted by Gasteiger charge is -2.34. The van der Waals surface area contributed by atoms with Crippen LogP contribution in [-0.4, -0.2) is 47.7 Å². The first-order chi connectivity index (χ1) is 5.75. The zero-order valence-corrected chi connectivity index (χ0v) is 6.94. The van der Waals surface area contributed by atoms with Gasteiger partial charge < -0.3 is 20.3 Å². The summed E-state index contributed by atoms with van der Waals surface area (Å²) in [5, 5.41) is 21.7. The normalized spacial score (nSPS) is 47.5. The predicted molar refractivity (Wildman–Crippen MR) is 42.8 cm³/mol. The van der Waals surface area contributed by atoms with E-state index in [1.807, 2.05) is 0 Å². The van der Waals surface area contributed by atoms with Gasteiger partial charge in [0.1, 0.15) is 0 Å². The van der Waals surface area contributed by atoms with Crippen molar-refractivity contribution in [3.63, 3.8) is 0 Å². The van der Waals surface area contributed by atoms with Gasteiger partial charge in [0.15, 0.2) is 0 Å². The van der Waals surface area contributed by atoms with Gasteiger partial charge in [0, 0.05) is 6.04 Å². The van der Waals surface area contributed by atoms with Gasteiger partial charge in [-0.25, -0.2) is 0 Å². The third-order valence-electron chi connectivity index (χ3n) is 2.61. The molecule has 0 spiro atoms. The minimum atomic E-state index is -0.372. The average molecular weight is 173 g/mol. The molecular formula is C8H15NO3. The van der Waals surface area contributed by atoms with E-state index in [4.69, 9.17) is 9.84 Å². The van der Waals surface area contributed by atoms with Gasteiger partial charge in [-0.2, -0.15) is 0 Å². The fourth-order valence-corrected chi connectivity index (χ4v) is 1.73. The number of aliphatic hydroxyl groups is 2. The van der Waals surface area contributed by atoms with E-state index in [-0.39, 0.29) is 18.2 Å². The minimum absolute atomic E-state index is 0.0718. The summed E-state index contributed by atoms with van der Waals surface area (Å²) in [6, 6.07) is 0.448. The molecule has 0 aromatic heterocycles. The van der Waals surface area contributed by atoms with E-state index in [1.54, 1.807) is 0 Å². The Kier molecular flexibility index (Phi) is 2.32. The van der Waals surface area contributed by atoms with Crippen molar-refractivity contribution in [2.24, 2.45) is 0 Å². The largest absolute Gasteiger partial charge is 0.393 e. The zero-order chi connectivity index (χ0) is 8.55. The molecule has 1 saturated heterocycles. The summed E-state index contributed by atoms with van der Waals surface area (Å²) in [5.74, 6) is 0. The van der Waals surface area contributed by atoms with Gasteiger partial charge in [-0.3, -0.25) is 0 Å². The van der Waals surface area contributed by atoms with Gasteiger partial charge in [0.2, 0.25) is 0 Å². The average Bonchev–Trinajstić information content (AvgIpc) is 2.33. The molecule has 1 aliphatic heterocycles. The van der Waals surface area contributed by atoms with Crippen LogP contribution in [0.25, 0.3) is 0 Å². The predicted octanol–water partition coefficient (Wildman–Crippen LogP) is -1.14. The second kappa shape index (κ2) is 3.30. The first-order valence-electron chi connectivity index (χ1n) is 4.45. The lowest BCUT2D eigenvalue weighted by atomic mass is 9.89. The fraction of sp³-hybridized carbons (Fsp3) is 1.00. The zero-order valence-electron chi connectivity index (χ0n) is 6.94. The van der Waals surface area contributed by atoms with Crippen LogP contribution in [0, 0.1) is 0 Å². The molecule has 70 valence electrons. The van der Waals surface area contributed by atoms with Crippen molar-refractivity contribution in [1.82, 2.24) is 5.32 Å². The maximum Gasteiger partial charge on any atom is 0.0948 e. The molecule has 2 aliphatic rings. The molecular weight excluding hydrogens is 158 g/mol. The Labute approximate surface area is 71.5 Å². The summed E-state index contributed by atoms with van der Waals surface area (Å²) in [7, 11) is 0. The van der Waals surface area contributed by atoms with Crippen molar-refractivity contribution < 1.29 is 14.9 Å². The fourth-order valence-electron chi connectivity index (χ4n) is 1.73. The van der Waals surface area contributed by atoms with Gasteiger partial charge in [0.25, 0.3) is 0 Å². The Morgan fingerprint density at radius 2 is 1.92 bits per heavy atom. The number of ether oxygens (including phenoxy) is 1. The highest BCUT2D eigenvalue weighted by Crippen LogP contribution is 2.21. The molecule has 0 bridgehead atoms. The van der Waals surface area contributed by atoms with Crippen LogP contribution in [0.4, 0.5) is 0 Å². The Morgan fingerprint density at radius 3 is 2.42 bits per heavy atom. The maximum atomic E-state index is 9.37. The standard InChI is InChI=1S/C8H15NO3/c10-6-1-5(2-6)9-7-3-12-4-8(7)11/h5-11H,1-4H2. The molecule has 2 unspecified atom stereocenters. The lowest BCUT2D eigenvalue weighted by Crippen LogP contribution is -2.52. The van der Waals surface area contributed by atoms with Crippen LogP contribution in [-0.2, 0) is 4.74 Å². The van der Waals surface area contributed by atoms with Crippen molar-refractivity contribution in [3.8, 4) is 0 Å². The summed E-state index contributed by atoms with van der Waals surface area (Å²) in [5.41, 5.74) is 0. The minimum Gasteiger partial charge on any atom is -0.393 e. The highest BCUT2D eigenvalue weighted by molar-refractivity contribution is 4.90. The van der Waals surface area contributed by atoms with Crippen LogP contribution in [0.1, 0.15) is 12.8 Å². The van der Waals surface area contributed by atoms with Crippen molar-refractivity contribution in [1.29, 1.82) is 0 Å². The van der Waals surface area contributed by atoms with Crippen molar-refractivity contribution >= 4 is 0 Å². The number of hydrogen-bond donors (Lipinski definition) is 3. The molecule has 2 fully saturated rings. The molecule has 2 rings (SSSR count). The van der Waals surface area contributed by atoms with Crippen molar-refractivity contribution in [2.45, 2.75) is 37.1 Å². The third kappa shape index (κ3) is 1.61. The first-order valence-corrected chi connectivity index (χ1v) is 4.45. The summed E-state index contributed by atoms with van der Waals surface area (Å²) in [4.78, 5) is 0. The molecule has 0 amide bonds. The summed E-state index contributed by atoms with van der Waals surface area (Å²) < 4.78 is 5.09. The Balaban J connectivity index is 1.72. The van der Waals surface area contributed by atoms with Crippen molar-refractivity contribution in [2.75, 3.05) is 13.2 Å². The molecule has 1 heterocycles. The second-order valence-electron chi connectivity index (χ2n) is 3.70. The van der Waals surface area contributed by atoms with Gasteiger partial charge in [-0.1, -0.05) is 0 Å². The van der Waals surface area contributed by atoms with Crippen LogP contribution < -0.4 is 5.32 Å². The van der Waals surface area contributed by atoms with E-state index in [0.29, 0.717) is 19.3 Å². The van der Waals surface area contributed by atoms with Gasteiger partial charge in [0.05, 0.1) is 31.5 Å². The number of rotatable bonds is 2. The van der Waals surface area contributed by atoms with Crippen molar-refractivity contribution in [3.05, 3.63) is 0 Å². The monoisotopic (exact) mass is 173 g/mol. The topological polar surface area (TPSA) is 61.7 Å². The molecule has 0 aromatic carbocycles. The van der Waals surface area contributed by atoms with E-state index in [2.05, 4.69) is 5.32 Å². The Bertz CT molecular complexity index is 158. The molecule has 3 N–H and O–H groups in total. The molecule has 2 atom stereocenters.